The van der Waals surface area contributed by atoms with Crippen LogP contribution < -0.4 is 5.32 Å². The van der Waals surface area contributed by atoms with Crippen LogP contribution in [-0.4, -0.2) is 54.8 Å². The molecule has 1 saturated heterocycles. The van der Waals surface area contributed by atoms with E-state index in [0.717, 1.165) is 24.2 Å². The van der Waals surface area contributed by atoms with Crippen LogP contribution in [0.2, 0.25) is 5.02 Å². The summed E-state index contributed by atoms with van der Waals surface area (Å²) in [4.78, 5) is 29.5. The largest absolute Gasteiger partial charge is 0.336 e. The fourth-order valence-corrected chi connectivity index (χ4v) is 3.61. The molecule has 0 atom stereocenters. The van der Waals surface area contributed by atoms with E-state index in [4.69, 9.17) is 11.6 Å². The summed E-state index contributed by atoms with van der Waals surface area (Å²) in [6.45, 7) is 6.97. The molecule has 1 aliphatic rings. The van der Waals surface area contributed by atoms with Gasteiger partial charge in [0.2, 0.25) is 0 Å². The van der Waals surface area contributed by atoms with Gasteiger partial charge in [0.15, 0.2) is 0 Å². The second-order valence-corrected chi connectivity index (χ2v) is 7.48. The highest BCUT2D eigenvalue weighted by Gasteiger charge is 2.21. The number of anilines is 1. The number of aryl methyl sites for hydroxylation is 2. The monoisotopic (exact) mass is 385 g/mol. The van der Waals surface area contributed by atoms with Crippen LogP contribution in [0.3, 0.4) is 0 Å². The molecule has 3 rings (SSSR count). The molecule has 142 valence electrons. The third kappa shape index (κ3) is 4.49. The summed E-state index contributed by atoms with van der Waals surface area (Å²) in [5.41, 5.74) is 3.50. The molecular formula is C21H24ClN3O2. The fourth-order valence-electron chi connectivity index (χ4n) is 3.25. The van der Waals surface area contributed by atoms with E-state index in [1.165, 1.54) is 0 Å². The quantitative estimate of drug-likeness (QED) is 0.878. The zero-order chi connectivity index (χ0) is 19.6. The summed E-state index contributed by atoms with van der Waals surface area (Å²) >= 11 is 6.28. The summed E-state index contributed by atoms with van der Waals surface area (Å²) < 4.78 is 0. The number of nitrogens with zero attached hydrogens (tertiary/aromatic N) is 2. The molecule has 0 spiro atoms. The number of halogens is 1. The Morgan fingerprint density at radius 1 is 1.00 bits per heavy atom. The number of hydrogen-bond acceptors (Lipinski definition) is 3. The minimum Gasteiger partial charge on any atom is -0.336 e. The van der Waals surface area contributed by atoms with E-state index in [9.17, 15) is 9.59 Å². The summed E-state index contributed by atoms with van der Waals surface area (Å²) in [5.74, 6) is -0.320. The molecule has 0 aromatic heterocycles. The lowest BCUT2D eigenvalue weighted by Crippen LogP contribution is -2.47. The lowest BCUT2D eigenvalue weighted by atomic mass is 10.1. The first-order valence-electron chi connectivity index (χ1n) is 9.01. The Labute approximate surface area is 164 Å². The van der Waals surface area contributed by atoms with Crippen molar-refractivity contribution in [2.45, 2.75) is 13.8 Å². The first-order chi connectivity index (χ1) is 12.8. The summed E-state index contributed by atoms with van der Waals surface area (Å²) in [6, 6.07) is 10.6. The predicted molar refractivity (Wildman–Crippen MR) is 109 cm³/mol. The molecule has 0 radical (unpaired) electrons. The highest BCUT2D eigenvalue weighted by Crippen LogP contribution is 2.28. The molecule has 2 amide bonds. The van der Waals surface area contributed by atoms with Crippen LogP contribution in [0.1, 0.15) is 31.8 Å². The van der Waals surface area contributed by atoms with E-state index < -0.39 is 0 Å². The SMILES string of the molecule is Cc1cc(C)c(NC(=O)c2cccc(C(=O)N3CCN(C)CC3)c2)c(Cl)c1. The van der Waals surface area contributed by atoms with Gasteiger partial charge in [-0.2, -0.15) is 0 Å². The molecule has 1 fully saturated rings. The van der Waals surface area contributed by atoms with E-state index >= 15 is 0 Å². The third-order valence-corrected chi connectivity index (χ3v) is 5.13. The van der Waals surface area contributed by atoms with Gasteiger partial charge in [0.05, 0.1) is 10.7 Å². The van der Waals surface area contributed by atoms with Gasteiger partial charge in [-0.1, -0.05) is 23.7 Å². The molecule has 1 N–H and O–H groups in total. The highest BCUT2D eigenvalue weighted by atomic mass is 35.5. The van der Waals surface area contributed by atoms with Gasteiger partial charge in [-0.05, 0) is 56.3 Å². The number of rotatable bonds is 3. The highest BCUT2D eigenvalue weighted by molar-refractivity contribution is 6.34. The van der Waals surface area contributed by atoms with Crippen LogP contribution in [0.25, 0.3) is 0 Å². The van der Waals surface area contributed by atoms with Crippen molar-refractivity contribution < 1.29 is 9.59 Å². The summed E-state index contributed by atoms with van der Waals surface area (Å²) in [7, 11) is 2.05. The van der Waals surface area contributed by atoms with Crippen molar-refractivity contribution in [3.05, 3.63) is 63.7 Å². The topological polar surface area (TPSA) is 52.7 Å². The number of benzene rings is 2. The zero-order valence-corrected chi connectivity index (χ0v) is 16.6. The van der Waals surface area contributed by atoms with Gasteiger partial charge in [-0.3, -0.25) is 9.59 Å². The second kappa shape index (κ2) is 8.11. The number of hydrogen-bond donors (Lipinski definition) is 1. The first-order valence-corrected chi connectivity index (χ1v) is 9.39. The van der Waals surface area contributed by atoms with Gasteiger partial charge in [-0.25, -0.2) is 0 Å². The van der Waals surface area contributed by atoms with Crippen LogP contribution in [-0.2, 0) is 0 Å². The van der Waals surface area contributed by atoms with Crippen molar-refractivity contribution in [1.29, 1.82) is 0 Å². The Morgan fingerprint density at radius 2 is 1.67 bits per heavy atom. The van der Waals surface area contributed by atoms with Crippen molar-refractivity contribution in [2.24, 2.45) is 0 Å². The van der Waals surface area contributed by atoms with Gasteiger partial charge in [0, 0.05) is 37.3 Å². The van der Waals surface area contributed by atoms with Crippen molar-refractivity contribution in [2.75, 3.05) is 38.5 Å². The lowest BCUT2D eigenvalue weighted by molar-refractivity contribution is 0.0664. The number of carbonyl (C=O) groups excluding carboxylic acids is 2. The molecule has 6 heteroatoms. The molecular weight excluding hydrogens is 362 g/mol. The molecule has 1 aliphatic heterocycles. The maximum Gasteiger partial charge on any atom is 0.255 e. The van der Waals surface area contributed by atoms with E-state index in [1.807, 2.05) is 37.9 Å². The molecule has 2 aromatic rings. The van der Waals surface area contributed by atoms with Crippen LogP contribution >= 0.6 is 11.6 Å². The van der Waals surface area contributed by atoms with Gasteiger partial charge in [0.1, 0.15) is 0 Å². The van der Waals surface area contributed by atoms with Crippen molar-refractivity contribution in [3.63, 3.8) is 0 Å². The van der Waals surface area contributed by atoms with Gasteiger partial charge in [-0.15, -0.1) is 0 Å². The molecule has 0 aliphatic carbocycles. The predicted octanol–water partition coefficient (Wildman–Crippen LogP) is 3.60. The van der Waals surface area contributed by atoms with Gasteiger partial charge < -0.3 is 15.1 Å². The van der Waals surface area contributed by atoms with Gasteiger partial charge in [0.25, 0.3) is 11.8 Å². The molecule has 27 heavy (non-hydrogen) atoms. The summed E-state index contributed by atoms with van der Waals surface area (Å²) in [6.07, 6.45) is 0. The first kappa shape index (κ1) is 19.4. The second-order valence-electron chi connectivity index (χ2n) is 7.07. The van der Waals surface area contributed by atoms with Crippen molar-refractivity contribution in [3.8, 4) is 0 Å². The number of piperazine rings is 1. The number of amides is 2. The Morgan fingerprint density at radius 3 is 2.33 bits per heavy atom. The minimum absolute atomic E-state index is 0.0395. The Kier molecular flexibility index (Phi) is 5.82. The van der Waals surface area contributed by atoms with Gasteiger partial charge >= 0.3 is 0 Å². The summed E-state index contributed by atoms with van der Waals surface area (Å²) in [5, 5.41) is 3.38. The van der Waals surface area contributed by atoms with E-state index in [-0.39, 0.29) is 11.8 Å². The maximum atomic E-state index is 12.7. The normalized spacial score (nSPS) is 14.9. The van der Waals surface area contributed by atoms with Crippen molar-refractivity contribution in [1.82, 2.24) is 9.80 Å². The number of nitrogens with one attached hydrogen (secondary N) is 1. The number of carbonyl (C=O) groups is 2. The van der Waals surface area contributed by atoms with E-state index in [1.54, 1.807) is 24.3 Å². The Bertz CT molecular complexity index is 850. The van der Waals surface area contributed by atoms with Crippen LogP contribution in [0.5, 0.6) is 0 Å². The van der Waals surface area contributed by atoms with Crippen LogP contribution in [0.4, 0.5) is 5.69 Å². The molecule has 0 saturated carbocycles. The fraction of sp³-hybridized carbons (Fsp3) is 0.333. The van der Waals surface area contributed by atoms with E-state index in [2.05, 4.69) is 10.2 Å². The third-order valence-electron chi connectivity index (χ3n) is 4.83. The van der Waals surface area contributed by atoms with Crippen molar-refractivity contribution >= 4 is 29.1 Å². The molecule has 2 aromatic carbocycles. The standard InChI is InChI=1S/C21H24ClN3O2/c1-14-11-15(2)19(18(22)12-14)23-20(26)16-5-4-6-17(13-16)21(27)25-9-7-24(3)8-10-25/h4-6,11-13H,7-10H2,1-3H3,(H,23,26). The zero-order valence-electron chi connectivity index (χ0n) is 15.9. The van der Waals surface area contributed by atoms with Crippen LogP contribution in [0, 0.1) is 13.8 Å². The number of likely N-dealkylation sites (N-methyl/N-ethyl adjacent to an activating group) is 1. The Hall–Kier alpha value is -2.37. The lowest BCUT2D eigenvalue weighted by Gasteiger charge is -2.32. The molecule has 1 heterocycles. The smallest absolute Gasteiger partial charge is 0.255 e. The molecule has 0 bridgehead atoms. The van der Waals surface area contributed by atoms with Crippen LogP contribution in [0.15, 0.2) is 36.4 Å². The maximum absolute atomic E-state index is 12.7. The Balaban J connectivity index is 1.77. The average Bonchev–Trinajstić information content (AvgIpc) is 2.64. The molecule has 0 unspecified atom stereocenters. The average molecular weight is 386 g/mol. The molecule has 5 nitrogen and oxygen atoms in total. The van der Waals surface area contributed by atoms with E-state index in [0.29, 0.717) is 34.9 Å². The minimum atomic E-state index is -0.281.